The second kappa shape index (κ2) is 7.76. The highest BCUT2D eigenvalue weighted by molar-refractivity contribution is 7.99. The Balaban J connectivity index is 2.41. The molecule has 0 saturated carbocycles. The lowest BCUT2D eigenvalue weighted by Gasteiger charge is -2.39. The van der Waals surface area contributed by atoms with Crippen LogP contribution in [0.15, 0.2) is 0 Å². The first-order valence-corrected chi connectivity index (χ1v) is 8.53. The van der Waals surface area contributed by atoms with Gasteiger partial charge in [-0.2, -0.15) is 11.8 Å². The minimum absolute atomic E-state index is 0.211. The normalized spacial score (nSPS) is 25.3. The van der Waals surface area contributed by atoms with E-state index in [2.05, 4.69) is 44.8 Å². The molecule has 1 aliphatic heterocycles. The molecule has 0 radical (unpaired) electrons. The van der Waals surface area contributed by atoms with Crippen LogP contribution in [0.25, 0.3) is 0 Å². The zero-order valence-corrected chi connectivity index (χ0v) is 13.5. The van der Waals surface area contributed by atoms with E-state index in [1.807, 2.05) is 0 Å². The van der Waals surface area contributed by atoms with Crippen LogP contribution in [0.1, 0.15) is 53.4 Å². The van der Waals surface area contributed by atoms with Crippen LogP contribution in [0.2, 0.25) is 0 Å². The molecule has 1 rings (SSSR count). The summed E-state index contributed by atoms with van der Waals surface area (Å²) < 4.78 is 5.76. The molecule has 108 valence electrons. The Labute approximate surface area is 118 Å². The number of nitrogens with one attached hydrogen (secondary N) is 1. The Bertz CT molecular complexity index is 219. The molecular formula is C15H31NOS. The van der Waals surface area contributed by atoms with Crippen molar-refractivity contribution >= 4 is 11.8 Å². The molecule has 0 amide bonds. The van der Waals surface area contributed by atoms with Gasteiger partial charge >= 0.3 is 0 Å². The van der Waals surface area contributed by atoms with Crippen molar-refractivity contribution < 1.29 is 4.74 Å². The van der Waals surface area contributed by atoms with E-state index in [-0.39, 0.29) is 5.54 Å². The smallest absolute Gasteiger partial charge is 0.0534 e. The predicted octanol–water partition coefficient (Wildman–Crippen LogP) is 3.70. The zero-order chi connectivity index (χ0) is 13.5. The summed E-state index contributed by atoms with van der Waals surface area (Å²) in [4.78, 5) is 0. The van der Waals surface area contributed by atoms with Gasteiger partial charge in [0.25, 0.3) is 0 Å². The third-order valence-electron chi connectivity index (χ3n) is 3.60. The van der Waals surface area contributed by atoms with E-state index in [0.29, 0.717) is 5.41 Å². The number of ether oxygens (including phenoxy) is 1. The highest BCUT2D eigenvalue weighted by Crippen LogP contribution is 2.34. The number of hydrogen-bond acceptors (Lipinski definition) is 3. The first kappa shape index (κ1) is 16.3. The largest absolute Gasteiger partial charge is 0.381 e. The molecule has 0 aromatic carbocycles. The van der Waals surface area contributed by atoms with Gasteiger partial charge in [0.1, 0.15) is 0 Å². The fourth-order valence-corrected chi connectivity index (χ4v) is 3.12. The third-order valence-corrected chi connectivity index (χ3v) is 4.58. The van der Waals surface area contributed by atoms with Crippen LogP contribution in [0.4, 0.5) is 0 Å². The van der Waals surface area contributed by atoms with E-state index >= 15 is 0 Å². The average Bonchev–Trinajstić information content (AvgIpc) is 2.33. The Morgan fingerprint density at radius 3 is 2.67 bits per heavy atom. The summed E-state index contributed by atoms with van der Waals surface area (Å²) >= 11 is 2.06. The minimum atomic E-state index is 0.211. The molecule has 0 aliphatic carbocycles. The lowest BCUT2D eigenvalue weighted by molar-refractivity contribution is -0.0150. The Morgan fingerprint density at radius 2 is 2.11 bits per heavy atom. The van der Waals surface area contributed by atoms with Gasteiger partial charge in [0.2, 0.25) is 0 Å². The molecule has 1 fully saturated rings. The molecule has 1 unspecified atom stereocenters. The van der Waals surface area contributed by atoms with Crippen LogP contribution < -0.4 is 5.32 Å². The van der Waals surface area contributed by atoms with E-state index in [0.717, 1.165) is 19.8 Å². The van der Waals surface area contributed by atoms with Crippen LogP contribution in [0.5, 0.6) is 0 Å². The summed E-state index contributed by atoms with van der Waals surface area (Å²) in [6.07, 6.45) is 5.19. The van der Waals surface area contributed by atoms with Crippen molar-refractivity contribution in [1.82, 2.24) is 5.32 Å². The van der Waals surface area contributed by atoms with Gasteiger partial charge in [-0.15, -0.1) is 0 Å². The molecule has 2 nitrogen and oxygen atoms in total. The van der Waals surface area contributed by atoms with E-state index in [9.17, 15) is 0 Å². The summed E-state index contributed by atoms with van der Waals surface area (Å²) in [6, 6.07) is 0. The molecule has 1 heterocycles. The van der Waals surface area contributed by atoms with Crippen LogP contribution in [0.3, 0.4) is 0 Å². The van der Waals surface area contributed by atoms with E-state index < -0.39 is 0 Å². The van der Waals surface area contributed by atoms with Crippen molar-refractivity contribution in [3.8, 4) is 0 Å². The molecule has 18 heavy (non-hydrogen) atoms. The highest BCUT2D eigenvalue weighted by Gasteiger charge is 2.33. The maximum absolute atomic E-state index is 5.76. The van der Waals surface area contributed by atoms with Crippen molar-refractivity contribution in [3.05, 3.63) is 0 Å². The minimum Gasteiger partial charge on any atom is -0.381 e. The molecule has 0 aromatic rings. The van der Waals surface area contributed by atoms with Gasteiger partial charge < -0.3 is 10.1 Å². The molecule has 0 bridgehead atoms. The van der Waals surface area contributed by atoms with Gasteiger partial charge in [0.15, 0.2) is 0 Å². The summed E-state index contributed by atoms with van der Waals surface area (Å²) in [5.41, 5.74) is 0.600. The maximum atomic E-state index is 5.76. The molecule has 1 saturated heterocycles. The van der Waals surface area contributed by atoms with Crippen molar-refractivity contribution in [2.24, 2.45) is 5.41 Å². The predicted molar refractivity (Wildman–Crippen MR) is 82.5 cm³/mol. The van der Waals surface area contributed by atoms with E-state index in [1.54, 1.807) is 0 Å². The lowest BCUT2D eigenvalue weighted by atomic mass is 9.78. The average molecular weight is 273 g/mol. The number of hydrogen-bond donors (Lipinski definition) is 1. The Morgan fingerprint density at radius 1 is 1.33 bits per heavy atom. The number of rotatable bonds is 7. The Hall–Kier alpha value is 0.270. The summed E-state index contributed by atoms with van der Waals surface area (Å²) in [6.45, 7) is 12.0. The first-order valence-electron chi connectivity index (χ1n) is 7.38. The number of thioether (sulfide) groups is 1. The third kappa shape index (κ3) is 6.44. The SMILES string of the molecule is CCSCCCC1(CNC(C)(C)C)CCCOC1. The lowest BCUT2D eigenvalue weighted by Crippen LogP contribution is -2.47. The van der Waals surface area contributed by atoms with Gasteiger partial charge in [0, 0.05) is 24.1 Å². The van der Waals surface area contributed by atoms with Crippen molar-refractivity contribution in [2.45, 2.75) is 58.9 Å². The van der Waals surface area contributed by atoms with Crippen LogP contribution in [-0.4, -0.2) is 36.8 Å². The van der Waals surface area contributed by atoms with Gasteiger partial charge in [-0.25, -0.2) is 0 Å². The fraction of sp³-hybridized carbons (Fsp3) is 1.00. The molecule has 0 aromatic heterocycles. The van der Waals surface area contributed by atoms with Gasteiger partial charge in [-0.1, -0.05) is 6.92 Å². The second-order valence-corrected chi connectivity index (χ2v) is 7.95. The van der Waals surface area contributed by atoms with E-state index in [4.69, 9.17) is 4.74 Å². The van der Waals surface area contributed by atoms with Crippen LogP contribution >= 0.6 is 11.8 Å². The monoisotopic (exact) mass is 273 g/mol. The van der Waals surface area contributed by atoms with Crippen molar-refractivity contribution in [1.29, 1.82) is 0 Å². The standard InChI is InChI=1S/C15H31NOS/c1-5-18-11-7-9-15(8-6-10-17-13-15)12-16-14(2,3)4/h16H,5-13H2,1-4H3. The van der Waals surface area contributed by atoms with Crippen LogP contribution in [-0.2, 0) is 4.74 Å². The summed E-state index contributed by atoms with van der Waals surface area (Å²) in [7, 11) is 0. The molecule has 1 aliphatic rings. The molecule has 1 atom stereocenters. The van der Waals surface area contributed by atoms with Crippen molar-refractivity contribution in [3.63, 3.8) is 0 Å². The second-order valence-electron chi connectivity index (χ2n) is 6.56. The van der Waals surface area contributed by atoms with Gasteiger partial charge in [-0.05, 0) is 58.0 Å². The zero-order valence-electron chi connectivity index (χ0n) is 12.7. The summed E-state index contributed by atoms with van der Waals surface area (Å²) in [5, 5.41) is 3.69. The topological polar surface area (TPSA) is 21.3 Å². The van der Waals surface area contributed by atoms with Gasteiger partial charge in [-0.3, -0.25) is 0 Å². The van der Waals surface area contributed by atoms with Gasteiger partial charge in [0.05, 0.1) is 6.61 Å². The molecule has 1 N–H and O–H groups in total. The fourth-order valence-electron chi connectivity index (χ4n) is 2.48. The Kier molecular flexibility index (Phi) is 7.04. The first-order chi connectivity index (χ1) is 8.47. The van der Waals surface area contributed by atoms with Crippen LogP contribution in [0, 0.1) is 5.41 Å². The molecular weight excluding hydrogens is 242 g/mol. The highest BCUT2D eigenvalue weighted by atomic mass is 32.2. The maximum Gasteiger partial charge on any atom is 0.0534 e. The molecule has 3 heteroatoms. The summed E-state index contributed by atoms with van der Waals surface area (Å²) in [5.74, 6) is 2.54. The molecule has 0 spiro atoms. The van der Waals surface area contributed by atoms with E-state index in [1.165, 1.54) is 37.2 Å². The van der Waals surface area contributed by atoms with Crippen molar-refractivity contribution in [2.75, 3.05) is 31.3 Å². The quantitative estimate of drug-likeness (QED) is 0.715.